The summed E-state index contributed by atoms with van der Waals surface area (Å²) in [7, 11) is -2.39. The topological polar surface area (TPSA) is 63.7 Å². The van der Waals surface area contributed by atoms with Gasteiger partial charge < -0.3 is 4.74 Å². The molecule has 3 rings (SSSR count). The molecule has 0 radical (unpaired) electrons. The zero-order valence-electron chi connectivity index (χ0n) is 14.2. The van der Waals surface area contributed by atoms with Crippen LogP contribution in [-0.2, 0) is 10.0 Å². The van der Waals surface area contributed by atoms with Crippen LogP contribution in [-0.4, -0.2) is 31.6 Å². The maximum atomic E-state index is 12.9. The van der Waals surface area contributed by atoms with Gasteiger partial charge in [-0.2, -0.15) is 0 Å². The molecular formula is C18H19NO4S2. The van der Waals surface area contributed by atoms with E-state index in [0.717, 1.165) is 9.20 Å². The Kier molecular flexibility index (Phi) is 4.79. The van der Waals surface area contributed by atoms with E-state index in [-0.39, 0.29) is 22.3 Å². The summed E-state index contributed by atoms with van der Waals surface area (Å²) in [5, 5.41) is 0. The van der Waals surface area contributed by atoms with Crippen molar-refractivity contribution in [3.05, 3.63) is 53.6 Å². The number of benzene rings is 2. The third-order valence-electron chi connectivity index (χ3n) is 4.06. The molecule has 0 saturated heterocycles. The maximum Gasteiger partial charge on any atom is 0.270 e. The van der Waals surface area contributed by atoms with Crippen LogP contribution in [0.15, 0.2) is 52.3 Å². The predicted molar refractivity (Wildman–Crippen MR) is 97.6 cm³/mol. The third-order valence-corrected chi connectivity index (χ3v) is 6.97. The minimum absolute atomic E-state index is 0.00438. The van der Waals surface area contributed by atoms with E-state index in [0.29, 0.717) is 11.3 Å². The van der Waals surface area contributed by atoms with Crippen LogP contribution in [0.3, 0.4) is 0 Å². The minimum Gasteiger partial charge on any atom is -0.497 e. The third kappa shape index (κ3) is 3.14. The number of fused-ring (bicyclic) bond motifs is 1. The van der Waals surface area contributed by atoms with Crippen molar-refractivity contribution < 1.29 is 17.9 Å². The smallest absolute Gasteiger partial charge is 0.270 e. The van der Waals surface area contributed by atoms with E-state index >= 15 is 0 Å². The predicted octanol–water partition coefficient (Wildman–Crippen LogP) is 3.71. The Labute approximate surface area is 152 Å². The minimum atomic E-state index is -3.87. The average Bonchev–Trinajstić information content (AvgIpc) is 2.79. The van der Waals surface area contributed by atoms with Gasteiger partial charge in [0.2, 0.25) is 0 Å². The highest BCUT2D eigenvalue weighted by Gasteiger charge is 2.43. The molecule has 0 saturated carbocycles. The SMILES string of the molecule is COc1cc(C(C)C)c2c(c1)S(=O)(=O)N(CSc1ccccc1)C2=O. The molecule has 5 nitrogen and oxygen atoms in total. The molecule has 1 aliphatic rings. The number of thioether (sulfide) groups is 1. The maximum absolute atomic E-state index is 12.9. The first-order valence-corrected chi connectivity index (χ1v) is 10.3. The fraction of sp³-hybridized carbons (Fsp3) is 0.278. The number of ether oxygens (including phenoxy) is 1. The van der Waals surface area contributed by atoms with E-state index in [1.54, 1.807) is 6.07 Å². The van der Waals surface area contributed by atoms with Crippen LogP contribution in [0.25, 0.3) is 0 Å². The number of hydrogen-bond acceptors (Lipinski definition) is 5. The molecule has 0 bridgehead atoms. The van der Waals surface area contributed by atoms with Crippen LogP contribution in [0, 0.1) is 0 Å². The van der Waals surface area contributed by atoms with Gasteiger partial charge in [-0.3, -0.25) is 4.79 Å². The van der Waals surface area contributed by atoms with Gasteiger partial charge in [-0.25, -0.2) is 12.7 Å². The van der Waals surface area contributed by atoms with Gasteiger partial charge >= 0.3 is 0 Å². The Morgan fingerprint density at radius 3 is 2.44 bits per heavy atom. The van der Waals surface area contributed by atoms with Gasteiger partial charge in [0.25, 0.3) is 15.9 Å². The summed E-state index contributed by atoms with van der Waals surface area (Å²) in [6.07, 6.45) is 0. The Hall–Kier alpha value is -1.99. The Morgan fingerprint density at radius 2 is 1.84 bits per heavy atom. The second-order valence-corrected chi connectivity index (χ2v) is 8.84. The number of nitrogens with zero attached hydrogens (tertiary/aromatic N) is 1. The standard InChI is InChI=1S/C18H19NO4S2/c1-12(2)15-9-13(23-3)10-16-17(15)18(20)19(25(16,21)22)11-24-14-7-5-4-6-8-14/h4-10,12H,11H2,1-3H3. The lowest BCUT2D eigenvalue weighted by molar-refractivity contribution is 0.0885. The van der Waals surface area contributed by atoms with E-state index in [1.165, 1.54) is 24.9 Å². The van der Waals surface area contributed by atoms with Gasteiger partial charge in [-0.1, -0.05) is 32.0 Å². The molecular weight excluding hydrogens is 358 g/mol. The Morgan fingerprint density at radius 1 is 1.16 bits per heavy atom. The summed E-state index contributed by atoms with van der Waals surface area (Å²) >= 11 is 1.31. The van der Waals surface area contributed by atoms with Crippen molar-refractivity contribution >= 4 is 27.7 Å². The summed E-state index contributed by atoms with van der Waals surface area (Å²) in [6.45, 7) is 3.85. The fourth-order valence-electron chi connectivity index (χ4n) is 2.75. The lowest BCUT2D eigenvalue weighted by atomic mass is 9.96. The summed E-state index contributed by atoms with van der Waals surface area (Å²) in [5.74, 6) is 0.0191. The molecule has 0 atom stereocenters. The number of amides is 1. The summed E-state index contributed by atoms with van der Waals surface area (Å²) in [5.41, 5.74) is 0.958. The molecule has 0 aromatic heterocycles. The van der Waals surface area contributed by atoms with E-state index in [1.807, 2.05) is 44.2 Å². The van der Waals surface area contributed by atoms with Crippen LogP contribution < -0.4 is 4.74 Å². The molecule has 0 fully saturated rings. The second kappa shape index (κ2) is 6.72. The van der Waals surface area contributed by atoms with Crippen LogP contribution in [0.1, 0.15) is 35.7 Å². The molecule has 132 valence electrons. The van der Waals surface area contributed by atoms with Gasteiger partial charge in [0, 0.05) is 11.0 Å². The first-order chi connectivity index (χ1) is 11.9. The largest absolute Gasteiger partial charge is 0.497 e. The zero-order valence-corrected chi connectivity index (χ0v) is 15.9. The zero-order chi connectivity index (χ0) is 18.2. The summed E-state index contributed by atoms with van der Waals surface area (Å²) in [6, 6.07) is 12.6. The number of carbonyl (C=O) groups excluding carboxylic acids is 1. The van der Waals surface area contributed by atoms with Gasteiger partial charge in [0.15, 0.2) is 0 Å². The lowest BCUT2D eigenvalue weighted by Crippen LogP contribution is -2.29. The second-order valence-electron chi connectivity index (χ2n) is 5.99. The summed E-state index contributed by atoms with van der Waals surface area (Å²) in [4.78, 5) is 13.8. The van der Waals surface area contributed by atoms with Crippen molar-refractivity contribution in [2.45, 2.75) is 29.6 Å². The van der Waals surface area contributed by atoms with Gasteiger partial charge in [-0.15, -0.1) is 11.8 Å². The molecule has 0 N–H and O–H groups in total. The van der Waals surface area contributed by atoms with Crippen LogP contribution in [0.2, 0.25) is 0 Å². The highest BCUT2D eigenvalue weighted by atomic mass is 32.2. The van der Waals surface area contributed by atoms with Crippen molar-refractivity contribution in [1.29, 1.82) is 0 Å². The van der Waals surface area contributed by atoms with Gasteiger partial charge in [0.1, 0.15) is 10.6 Å². The molecule has 0 spiro atoms. The van der Waals surface area contributed by atoms with Gasteiger partial charge in [-0.05, 0) is 29.7 Å². The van der Waals surface area contributed by atoms with Crippen molar-refractivity contribution in [2.75, 3.05) is 13.0 Å². The van der Waals surface area contributed by atoms with Crippen molar-refractivity contribution in [2.24, 2.45) is 0 Å². The number of sulfonamides is 1. The van der Waals surface area contributed by atoms with Gasteiger partial charge in [0.05, 0.1) is 18.6 Å². The van der Waals surface area contributed by atoms with Crippen molar-refractivity contribution in [3.63, 3.8) is 0 Å². The quantitative estimate of drug-likeness (QED) is 0.743. The number of rotatable bonds is 5. The van der Waals surface area contributed by atoms with Crippen molar-refractivity contribution in [3.8, 4) is 5.75 Å². The number of methoxy groups -OCH3 is 1. The highest BCUT2D eigenvalue weighted by molar-refractivity contribution is 8.00. The van der Waals surface area contributed by atoms with E-state index in [2.05, 4.69) is 0 Å². The van der Waals surface area contributed by atoms with Crippen molar-refractivity contribution in [1.82, 2.24) is 4.31 Å². The van der Waals surface area contributed by atoms with Crippen LogP contribution in [0.5, 0.6) is 5.75 Å². The van der Waals surface area contributed by atoms with E-state index in [9.17, 15) is 13.2 Å². The molecule has 1 amide bonds. The molecule has 1 aliphatic heterocycles. The van der Waals surface area contributed by atoms with Crippen LogP contribution >= 0.6 is 11.8 Å². The molecule has 2 aromatic carbocycles. The van der Waals surface area contributed by atoms with E-state index < -0.39 is 15.9 Å². The summed E-state index contributed by atoms with van der Waals surface area (Å²) < 4.78 is 32.0. The molecule has 2 aromatic rings. The first-order valence-electron chi connectivity index (χ1n) is 7.83. The average molecular weight is 377 g/mol. The fourth-order valence-corrected chi connectivity index (χ4v) is 5.47. The normalized spacial score (nSPS) is 15.5. The monoisotopic (exact) mass is 377 g/mol. The Balaban J connectivity index is 2.01. The first kappa shape index (κ1) is 17.8. The molecule has 0 aliphatic carbocycles. The van der Waals surface area contributed by atoms with E-state index in [4.69, 9.17) is 4.74 Å². The number of hydrogen-bond donors (Lipinski definition) is 0. The number of carbonyl (C=O) groups is 1. The lowest BCUT2D eigenvalue weighted by Gasteiger charge is -2.14. The molecule has 1 heterocycles. The molecule has 7 heteroatoms. The Bertz CT molecular complexity index is 908. The molecule has 25 heavy (non-hydrogen) atoms. The molecule has 0 unspecified atom stereocenters. The van der Waals surface area contributed by atoms with Crippen LogP contribution in [0.4, 0.5) is 0 Å². The highest BCUT2D eigenvalue weighted by Crippen LogP contribution is 2.39.